The summed E-state index contributed by atoms with van der Waals surface area (Å²) in [6.07, 6.45) is 2.53. The van der Waals surface area contributed by atoms with Crippen LogP contribution >= 0.6 is 0 Å². The molecule has 1 aliphatic rings. The number of nitrogens with zero attached hydrogens (tertiary/aromatic N) is 3. The normalized spacial score (nSPS) is 17.2. The van der Waals surface area contributed by atoms with Crippen LogP contribution < -0.4 is 5.32 Å². The number of rotatable bonds is 5. The van der Waals surface area contributed by atoms with Gasteiger partial charge in [-0.25, -0.2) is 0 Å². The van der Waals surface area contributed by atoms with Gasteiger partial charge in [-0.1, -0.05) is 0 Å². The Bertz CT molecular complexity index is 649. The fraction of sp³-hybridized carbons (Fsp3) is 0.500. The summed E-state index contributed by atoms with van der Waals surface area (Å²) >= 11 is 0. The van der Waals surface area contributed by atoms with E-state index in [9.17, 15) is 10.1 Å². The number of fused-ring (bicyclic) bond motifs is 1. The smallest absolute Gasteiger partial charge is 0.295 e. The minimum atomic E-state index is -0.433. The third kappa shape index (κ3) is 3.13. The van der Waals surface area contributed by atoms with E-state index in [1.54, 1.807) is 6.07 Å². The molecule has 3 rings (SSSR count). The minimum Gasteiger partial charge on any atom is -0.424 e. The molecule has 2 aromatic rings. The summed E-state index contributed by atoms with van der Waals surface area (Å²) < 4.78 is 5.57. The van der Waals surface area contributed by atoms with Crippen molar-refractivity contribution in [2.24, 2.45) is 0 Å². The lowest BCUT2D eigenvalue weighted by molar-refractivity contribution is -0.384. The lowest BCUT2D eigenvalue weighted by Crippen LogP contribution is -2.33. The van der Waals surface area contributed by atoms with Gasteiger partial charge in [0.1, 0.15) is 5.52 Å². The summed E-state index contributed by atoms with van der Waals surface area (Å²) in [4.78, 5) is 17.0. The molecule has 0 aliphatic carbocycles. The van der Waals surface area contributed by atoms with E-state index < -0.39 is 4.92 Å². The van der Waals surface area contributed by atoms with E-state index in [4.69, 9.17) is 4.42 Å². The molecule has 112 valence electrons. The van der Waals surface area contributed by atoms with E-state index in [0.29, 0.717) is 17.1 Å². The number of hydrogen-bond donors (Lipinski definition) is 1. The SMILES string of the molecule is CC(CN1CCCC1)Nc1nc2cc([N+](=O)[O-])ccc2o1. The summed E-state index contributed by atoms with van der Waals surface area (Å²) in [5.74, 6) is 0. The number of nitro benzene ring substituents is 1. The lowest BCUT2D eigenvalue weighted by atomic mass is 10.3. The summed E-state index contributed by atoms with van der Waals surface area (Å²) in [6.45, 7) is 5.31. The van der Waals surface area contributed by atoms with Crippen molar-refractivity contribution in [3.8, 4) is 0 Å². The first-order valence-corrected chi connectivity index (χ1v) is 7.16. The Kier molecular flexibility index (Phi) is 3.74. The monoisotopic (exact) mass is 290 g/mol. The van der Waals surface area contributed by atoms with Gasteiger partial charge >= 0.3 is 0 Å². The molecule has 1 unspecified atom stereocenters. The summed E-state index contributed by atoms with van der Waals surface area (Å²) in [5, 5.41) is 14.0. The average molecular weight is 290 g/mol. The van der Waals surface area contributed by atoms with Crippen LogP contribution in [0.25, 0.3) is 11.1 Å². The molecule has 0 spiro atoms. The molecule has 0 radical (unpaired) electrons. The van der Waals surface area contributed by atoms with E-state index in [0.717, 1.165) is 19.6 Å². The van der Waals surface area contributed by atoms with Crippen LogP contribution in [0, 0.1) is 10.1 Å². The number of likely N-dealkylation sites (tertiary alicyclic amines) is 1. The summed E-state index contributed by atoms with van der Waals surface area (Å²) in [5.41, 5.74) is 1.07. The van der Waals surface area contributed by atoms with Crippen molar-refractivity contribution < 1.29 is 9.34 Å². The zero-order valence-electron chi connectivity index (χ0n) is 11.9. The molecule has 1 atom stereocenters. The van der Waals surface area contributed by atoms with E-state index in [1.165, 1.54) is 25.0 Å². The van der Waals surface area contributed by atoms with Crippen molar-refractivity contribution in [3.63, 3.8) is 0 Å². The molecule has 1 saturated heterocycles. The number of nitrogens with one attached hydrogen (secondary N) is 1. The summed E-state index contributed by atoms with van der Waals surface area (Å²) in [6, 6.07) is 5.06. The molecule has 21 heavy (non-hydrogen) atoms. The van der Waals surface area contributed by atoms with Crippen molar-refractivity contribution in [1.82, 2.24) is 9.88 Å². The highest BCUT2D eigenvalue weighted by Crippen LogP contribution is 2.24. The molecule has 7 heteroatoms. The second-order valence-corrected chi connectivity index (χ2v) is 5.48. The predicted octanol–water partition coefficient (Wildman–Crippen LogP) is 2.63. The van der Waals surface area contributed by atoms with Crippen LogP contribution in [0.3, 0.4) is 0 Å². The Morgan fingerprint density at radius 3 is 2.95 bits per heavy atom. The Morgan fingerprint density at radius 2 is 2.24 bits per heavy atom. The number of aromatic nitrogens is 1. The first kappa shape index (κ1) is 13.8. The Labute approximate surface area is 122 Å². The molecule has 0 saturated carbocycles. The van der Waals surface area contributed by atoms with Gasteiger partial charge in [-0.15, -0.1) is 0 Å². The molecule has 7 nitrogen and oxygen atoms in total. The standard InChI is InChI=1S/C14H18N4O3/c1-10(9-17-6-2-3-7-17)15-14-16-12-8-11(18(19)20)4-5-13(12)21-14/h4-5,8,10H,2-3,6-7,9H2,1H3,(H,15,16). The Hall–Kier alpha value is -2.15. The molecule has 2 heterocycles. The lowest BCUT2D eigenvalue weighted by Gasteiger charge is -2.20. The van der Waals surface area contributed by atoms with Crippen molar-refractivity contribution in [3.05, 3.63) is 28.3 Å². The number of nitro groups is 1. The molecular weight excluding hydrogens is 272 g/mol. The van der Waals surface area contributed by atoms with Gasteiger partial charge in [-0.3, -0.25) is 10.1 Å². The fourth-order valence-corrected chi connectivity index (χ4v) is 2.70. The van der Waals surface area contributed by atoms with Crippen LogP contribution in [0.5, 0.6) is 0 Å². The second kappa shape index (κ2) is 5.69. The van der Waals surface area contributed by atoms with Crippen molar-refractivity contribution >= 4 is 22.8 Å². The van der Waals surface area contributed by atoms with E-state index >= 15 is 0 Å². The molecule has 0 amide bonds. The van der Waals surface area contributed by atoms with Gasteiger partial charge in [-0.05, 0) is 38.9 Å². The maximum atomic E-state index is 10.7. The zero-order chi connectivity index (χ0) is 14.8. The van der Waals surface area contributed by atoms with E-state index in [2.05, 4.69) is 22.1 Å². The maximum absolute atomic E-state index is 10.7. The van der Waals surface area contributed by atoms with Crippen LogP contribution in [-0.4, -0.2) is 40.5 Å². The molecule has 1 aromatic carbocycles. The van der Waals surface area contributed by atoms with Crippen LogP contribution in [0.1, 0.15) is 19.8 Å². The molecule has 1 fully saturated rings. The highest BCUT2D eigenvalue weighted by Gasteiger charge is 2.17. The highest BCUT2D eigenvalue weighted by atomic mass is 16.6. The number of benzene rings is 1. The molecule has 1 aromatic heterocycles. The Balaban J connectivity index is 1.70. The minimum absolute atomic E-state index is 0.0208. The number of non-ortho nitro benzene ring substituents is 1. The highest BCUT2D eigenvalue weighted by molar-refractivity contribution is 5.77. The van der Waals surface area contributed by atoms with Crippen LogP contribution in [0.15, 0.2) is 22.6 Å². The van der Waals surface area contributed by atoms with Gasteiger partial charge in [0.25, 0.3) is 11.7 Å². The number of hydrogen-bond acceptors (Lipinski definition) is 6. The molecule has 1 N–H and O–H groups in total. The molecule has 1 aliphatic heterocycles. The van der Waals surface area contributed by atoms with Gasteiger partial charge < -0.3 is 14.6 Å². The molecule has 0 bridgehead atoms. The summed E-state index contributed by atoms with van der Waals surface area (Å²) in [7, 11) is 0. The quantitative estimate of drug-likeness (QED) is 0.673. The van der Waals surface area contributed by atoms with E-state index in [-0.39, 0.29) is 11.7 Å². The van der Waals surface area contributed by atoms with E-state index in [1.807, 2.05) is 0 Å². The van der Waals surface area contributed by atoms with Gasteiger partial charge in [0.05, 0.1) is 4.92 Å². The largest absolute Gasteiger partial charge is 0.424 e. The first-order chi connectivity index (χ1) is 10.1. The van der Waals surface area contributed by atoms with Gasteiger partial charge in [0.2, 0.25) is 0 Å². The first-order valence-electron chi connectivity index (χ1n) is 7.16. The number of anilines is 1. The van der Waals surface area contributed by atoms with Gasteiger partial charge in [0, 0.05) is 24.7 Å². The third-order valence-corrected chi connectivity index (χ3v) is 3.68. The second-order valence-electron chi connectivity index (χ2n) is 5.48. The average Bonchev–Trinajstić information content (AvgIpc) is 3.05. The number of oxazole rings is 1. The maximum Gasteiger partial charge on any atom is 0.295 e. The third-order valence-electron chi connectivity index (χ3n) is 3.68. The van der Waals surface area contributed by atoms with Gasteiger partial charge in [0.15, 0.2) is 5.58 Å². The fourth-order valence-electron chi connectivity index (χ4n) is 2.70. The van der Waals surface area contributed by atoms with Crippen LogP contribution in [-0.2, 0) is 0 Å². The van der Waals surface area contributed by atoms with Crippen molar-refractivity contribution in [2.45, 2.75) is 25.8 Å². The van der Waals surface area contributed by atoms with Crippen LogP contribution in [0.4, 0.5) is 11.7 Å². The topological polar surface area (TPSA) is 84.4 Å². The predicted molar refractivity (Wildman–Crippen MR) is 79.4 cm³/mol. The van der Waals surface area contributed by atoms with Gasteiger partial charge in [-0.2, -0.15) is 4.98 Å². The Morgan fingerprint density at radius 1 is 1.48 bits per heavy atom. The van der Waals surface area contributed by atoms with Crippen LogP contribution in [0.2, 0.25) is 0 Å². The van der Waals surface area contributed by atoms with Crippen molar-refractivity contribution in [1.29, 1.82) is 0 Å². The molecular formula is C14H18N4O3. The van der Waals surface area contributed by atoms with Crippen molar-refractivity contribution in [2.75, 3.05) is 25.0 Å². The zero-order valence-corrected chi connectivity index (χ0v) is 11.9.